The van der Waals surface area contributed by atoms with Gasteiger partial charge in [-0.05, 0) is 26.1 Å². The van der Waals surface area contributed by atoms with Gasteiger partial charge in [0.2, 0.25) is 5.89 Å². The molecule has 0 saturated heterocycles. The molecule has 0 atom stereocenters. The molecule has 2 heterocycles. The molecule has 84 valence electrons. The first kappa shape index (κ1) is 10.8. The smallest absolute Gasteiger partial charge is 0.251 e. The molecule has 0 spiro atoms. The van der Waals surface area contributed by atoms with Gasteiger partial charge in [0.15, 0.2) is 4.77 Å². The third kappa shape index (κ3) is 2.11. The van der Waals surface area contributed by atoms with Gasteiger partial charge in [-0.3, -0.25) is 9.78 Å². The highest BCUT2D eigenvalue weighted by Gasteiger charge is 2.06. The second-order valence-corrected chi connectivity index (χ2v) is 3.87. The Kier molecular flexibility index (Phi) is 2.74. The molecule has 0 saturated carbocycles. The van der Waals surface area contributed by atoms with Crippen molar-refractivity contribution in [1.82, 2.24) is 14.5 Å². The van der Waals surface area contributed by atoms with Crippen LogP contribution in [-0.2, 0) is 6.54 Å². The fourth-order valence-corrected chi connectivity index (χ4v) is 1.55. The van der Waals surface area contributed by atoms with Crippen LogP contribution >= 0.6 is 12.2 Å². The first-order valence-electron chi connectivity index (χ1n) is 4.79. The number of aryl methyl sites for hydroxylation is 2. The predicted molar refractivity (Wildman–Crippen MR) is 61.0 cm³/mol. The lowest BCUT2D eigenvalue weighted by Gasteiger charge is -2.01. The Morgan fingerprint density at radius 1 is 1.56 bits per heavy atom. The van der Waals surface area contributed by atoms with Crippen molar-refractivity contribution < 1.29 is 4.42 Å². The fourth-order valence-electron chi connectivity index (χ4n) is 1.32. The van der Waals surface area contributed by atoms with Gasteiger partial charge >= 0.3 is 0 Å². The highest BCUT2D eigenvalue weighted by atomic mass is 32.1. The highest BCUT2D eigenvalue weighted by Crippen LogP contribution is 2.09. The van der Waals surface area contributed by atoms with E-state index in [0.29, 0.717) is 17.2 Å². The molecule has 6 heteroatoms. The topological polar surface area (TPSA) is 63.8 Å². The summed E-state index contributed by atoms with van der Waals surface area (Å²) >= 11 is 5.02. The number of rotatable bonds is 2. The molecular weight excluding hydrogens is 226 g/mol. The third-order valence-electron chi connectivity index (χ3n) is 2.28. The molecule has 0 unspecified atom stereocenters. The zero-order chi connectivity index (χ0) is 11.7. The third-order valence-corrected chi connectivity index (χ3v) is 2.61. The predicted octanol–water partition coefficient (Wildman–Crippen LogP) is 1.56. The Morgan fingerprint density at radius 3 is 2.88 bits per heavy atom. The Labute approximate surface area is 96.8 Å². The minimum atomic E-state index is -0.207. The van der Waals surface area contributed by atoms with Gasteiger partial charge in [0.1, 0.15) is 12.3 Å². The molecule has 0 radical (unpaired) electrons. The van der Waals surface area contributed by atoms with Crippen molar-refractivity contribution in [2.75, 3.05) is 0 Å². The molecule has 16 heavy (non-hydrogen) atoms. The number of aromatic amines is 1. The van der Waals surface area contributed by atoms with Crippen LogP contribution in [0.15, 0.2) is 21.5 Å². The fraction of sp³-hybridized carbons (Fsp3) is 0.300. The maximum atomic E-state index is 11.0. The second-order valence-electron chi connectivity index (χ2n) is 3.49. The van der Waals surface area contributed by atoms with E-state index in [2.05, 4.69) is 9.97 Å². The van der Waals surface area contributed by atoms with E-state index >= 15 is 0 Å². The molecule has 0 aliphatic heterocycles. The van der Waals surface area contributed by atoms with Crippen molar-refractivity contribution in [2.45, 2.75) is 20.4 Å². The van der Waals surface area contributed by atoms with E-state index in [-0.39, 0.29) is 5.56 Å². The van der Waals surface area contributed by atoms with Crippen molar-refractivity contribution in [3.63, 3.8) is 0 Å². The summed E-state index contributed by atoms with van der Waals surface area (Å²) in [5.41, 5.74) is 0.659. The van der Waals surface area contributed by atoms with Crippen LogP contribution in [0.5, 0.6) is 0 Å². The van der Waals surface area contributed by atoms with Crippen LogP contribution in [0.4, 0.5) is 0 Å². The van der Waals surface area contributed by atoms with Gasteiger partial charge in [-0.15, -0.1) is 0 Å². The minimum absolute atomic E-state index is 0.207. The van der Waals surface area contributed by atoms with E-state index in [4.69, 9.17) is 16.6 Å². The summed E-state index contributed by atoms with van der Waals surface area (Å²) < 4.78 is 7.49. The highest BCUT2D eigenvalue weighted by molar-refractivity contribution is 7.71. The summed E-state index contributed by atoms with van der Waals surface area (Å²) in [4.78, 5) is 17.8. The molecule has 0 aliphatic rings. The molecule has 5 nitrogen and oxygen atoms in total. The Balaban J connectivity index is 2.34. The molecule has 0 aliphatic carbocycles. The largest absolute Gasteiger partial charge is 0.444 e. The Hall–Kier alpha value is -1.69. The standard InChI is InChI=1S/C10H11N3O2S/c1-6-7(2)15-9(11-6)5-13-4-3-8(14)12-10(13)16/h3-4H,5H2,1-2H3,(H,12,14,16). The summed E-state index contributed by atoms with van der Waals surface area (Å²) in [6, 6.07) is 1.42. The summed E-state index contributed by atoms with van der Waals surface area (Å²) in [5.74, 6) is 1.38. The summed E-state index contributed by atoms with van der Waals surface area (Å²) in [6.45, 7) is 4.16. The Bertz CT molecular complexity index is 604. The maximum Gasteiger partial charge on any atom is 0.251 e. The first-order valence-corrected chi connectivity index (χ1v) is 5.20. The van der Waals surface area contributed by atoms with Crippen molar-refractivity contribution >= 4 is 12.2 Å². The van der Waals surface area contributed by atoms with E-state index in [1.807, 2.05) is 13.8 Å². The number of aromatic nitrogens is 3. The lowest BCUT2D eigenvalue weighted by molar-refractivity contribution is 0.453. The molecule has 2 aromatic heterocycles. The van der Waals surface area contributed by atoms with Gasteiger partial charge in [0.05, 0.1) is 5.69 Å². The van der Waals surface area contributed by atoms with E-state index in [9.17, 15) is 4.79 Å². The molecule has 0 aromatic carbocycles. The average Bonchev–Trinajstić information content (AvgIpc) is 2.51. The van der Waals surface area contributed by atoms with Gasteiger partial charge in [-0.25, -0.2) is 4.98 Å². The zero-order valence-corrected chi connectivity index (χ0v) is 9.80. The average molecular weight is 237 g/mol. The quantitative estimate of drug-likeness (QED) is 0.805. The van der Waals surface area contributed by atoms with Crippen LogP contribution in [0, 0.1) is 18.6 Å². The first-order chi connectivity index (χ1) is 7.56. The van der Waals surface area contributed by atoms with Crippen molar-refractivity contribution in [3.8, 4) is 0 Å². The van der Waals surface area contributed by atoms with E-state index in [1.165, 1.54) is 6.07 Å². The van der Waals surface area contributed by atoms with Gasteiger partial charge < -0.3 is 8.98 Å². The number of hydrogen-bond acceptors (Lipinski definition) is 4. The number of H-pyrrole nitrogens is 1. The van der Waals surface area contributed by atoms with E-state index in [0.717, 1.165) is 11.5 Å². The molecule has 2 aromatic rings. The van der Waals surface area contributed by atoms with Gasteiger partial charge in [-0.2, -0.15) is 0 Å². The lowest BCUT2D eigenvalue weighted by atomic mass is 10.4. The lowest BCUT2D eigenvalue weighted by Crippen LogP contribution is -2.11. The normalized spacial score (nSPS) is 10.6. The van der Waals surface area contributed by atoms with Crippen LogP contribution in [-0.4, -0.2) is 14.5 Å². The van der Waals surface area contributed by atoms with Crippen LogP contribution < -0.4 is 5.56 Å². The zero-order valence-electron chi connectivity index (χ0n) is 8.98. The molecule has 0 amide bonds. The number of hydrogen-bond donors (Lipinski definition) is 1. The maximum absolute atomic E-state index is 11.0. The van der Waals surface area contributed by atoms with Gasteiger partial charge in [-0.1, -0.05) is 0 Å². The molecule has 1 N–H and O–H groups in total. The SMILES string of the molecule is Cc1nc(Cn2ccc(=O)[nH]c2=S)oc1C. The molecular formula is C10H11N3O2S. The van der Waals surface area contributed by atoms with Gasteiger partial charge in [0.25, 0.3) is 5.56 Å². The van der Waals surface area contributed by atoms with Crippen LogP contribution in [0.2, 0.25) is 0 Å². The van der Waals surface area contributed by atoms with E-state index < -0.39 is 0 Å². The minimum Gasteiger partial charge on any atom is -0.444 e. The van der Waals surface area contributed by atoms with Crippen LogP contribution in [0.1, 0.15) is 17.3 Å². The van der Waals surface area contributed by atoms with Crippen LogP contribution in [0.3, 0.4) is 0 Å². The molecule has 0 bridgehead atoms. The Morgan fingerprint density at radius 2 is 2.31 bits per heavy atom. The summed E-state index contributed by atoms with van der Waals surface area (Å²) in [5, 5.41) is 0. The van der Waals surface area contributed by atoms with E-state index in [1.54, 1.807) is 10.8 Å². The van der Waals surface area contributed by atoms with Crippen molar-refractivity contribution in [1.29, 1.82) is 0 Å². The van der Waals surface area contributed by atoms with Crippen molar-refractivity contribution in [2.24, 2.45) is 0 Å². The summed E-state index contributed by atoms with van der Waals surface area (Å²) in [6.07, 6.45) is 1.62. The number of nitrogens with zero attached hydrogens (tertiary/aromatic N) is 2. The second kappa shape index (κ2) is 4.05. The van der Waals surface area contributed by atoms with Gasteiger partial charge in [0, 0.05) is 12.3 Å². The van der Waals surface area contributed by atoms with Crippen LogP contribution in [0.25, 0.3) is 0 Å². The monoisotopic (exact) mass is 237 g/mol. The molecule has 0 fully saturated rings. The number of oxazole rings is 1. The molecule has 2 rings (SSSR count). The summed E-state index contributed by atoms with van der Waals surface area (Å²) in [7, 11) is 0. The van der Waals surface area contributed by atoms with Crippen molar-refractivity contribution in [3.05, 3.63) is 44.7 Å². The number of nitrogens with one attached hydrogen (secondary N) is 1.